The van der Waals surface area contributed by atoms with Crippen molar-refractivity contribution in [1.29, 1.82) is 5.26 Å². The molecule has 1 aromatic rings. The highest BCUT2D eigenvalue weighted by Gasteiger charge is 2.09. The van der Waals surface area contributed by atoms with Crippen LogP contribution in [0.4, 0.5) is 0 Å². The molecule has 7 heteroatoms. The molecule has 0 aromatic heterocycles. The molecule has 126 valence electrons. The van der Waals surface area contributed by atoms with Gasteiger partial charge in [-0.1, -0.05) is 12.1 Å². The number of nitrogens with one attached hydrogen (secondary N) is 2. The van der Waals surface area contributed by atoms with Crippen LogP contribution in [0.15, 0.2) is 29.3 Å². The summed E-state index contributed by atoms with van der Waals surface area (Å²) in [6.07, 6.45) is 1.76. The average Bonchev–Trinajstić information content (AvgIpc) is 2.50. The number of hydrogen-bond acceptors (Lipinski definition) is 4. The standard InChI is InChI=1S/C16H24N4O2S/c1-4-18-16(20-13(2)8-9-23(3,21)22)19-12-15-7-5-6-14(10-15)11-17/h5-7,10,13H,4,8-9,12H2,1-3H3,(H2,18,19,20). The van der Waals surface area contributed by atoms with Crippen molar-refractivity contribution >= 4 is 15.8 Å². The summed E-state index contributed by atoms with van der Waals surface area (Å²) >= 11 is 0. The van der Waals surface area contributed by atoms with E-state index in [9.17, 15) is 8.42 Å². The first-order chi connectivity index (χ1) is 10.8. The fourth-order valence-corrected chi connectivity index (χ4v) is 2.71. The van der Waals surface area contributed by atoms with E-state index in [2.05, 4.69) is 21.7 Å². The van der Waals surface area contributed by atoms with Crippen LogP contribution >= 0.6 is 0 Å². The smallest absolute Gasteiger partial charge is 0.191 e. The van der Waals surface area contributed by atoms with Crippen molar-refractivity contribution in [1.82, 2.24) is 10.6 Å². The average molecular weight is 336 g/mol. The normalized spacial score (nSPS) is 13.2. The van der Waals surface area contributed by atoms with Crippen molar-refractivity contribution in [3.05, 3.63) is 35.4 Å². The second-order valence-corrected chi connectivity index (χ2v) is 7.73. The number of sulfone groups is 1. The molecule has 1 atom stereocenters. The molecule has 0 aliphatic rings. The minimum absolute atomic E-state index is 0.00651. The van der Waals surface area contributed by atoms with Crippen molar-refractivity contribution in [3.63, 3.8) is 0 Å². The van der Waals surface area contributed by atoms with Crippen LogP contribution in [0.2, 0.25) is 0 Å². The van der Waals surface area contributed by atoms with Gasteiger partial charge in [-0.15, -0.1) is 0 Å². The van der Waals surface area contributed by atoms with Gasteiger partial charge in [0, 0.05) is 18.8 Å². The van der Waals surface area contributed by atoms with Crippen LogP contribution in [0, 0.1) is 11.3 Å². The lowest BCUT2D eigenvalue weighted by molar-refractivity contribution is 0.581. The molecule has 23 heavy (non-hydrogen) atoms. The predicted molar refractivity (Wildman–Crippen MR) is 92.9 cm³/mol. The topological polar surface area (TPSA) is 94.3 Å². The van der Waals surface area contributed by atoms with Gasteiger partial charge in [0.05, 0.1) is 23.9 Å². The van der Waals surface area contributed by atoms with E-state index in [-0.39, 0.29) is 11.8 Å². The first-order valence-corrected chi connectivity index (χ1v) is 9.61. The van der Waals surface area contributed by atoms with Gasteiger partial charge in [-0.3, -0.25) is 0 Å². The van der Waals surface area contributed by atoms with E-state index >= 15 is 0 Å². The number of rotatable bonds is 7. The number of benzene rings is 1. The summed E-state index contributed by atoms with van der Waals surface area (Å²) in [6, 6.07) is 9.41. The van der Waals surface area contributed by atoms with Crippen LogP contribution in [0.1, 0.15) is 31.4 Å². The zero-order chi connectivity index (χ0) is 17.3. The number of hydrogen-bond donors (Lipinski definition) is 2. The number of nitrogens with zero attached hydrogens (tertiary/aromatic N) is 2. The molecule has 1 rings (SSSR count). The molecular weight excluding hydrogens is 312 g/mol. The van der Waals surface area contributed by atoms with Crippen molar-refractivity contribution in [2.75, 3.05) is 18.6 Å². The minimum Gasteiger partial charge on any atom is -0.357 e. The molecule has 0 saturated carbocycles. The summed E-state index contributed by atoms with van der Waals surface area (Å²) in [4.78, 5) is 4.48. The minimum atomic E-state index is -2.96. The van der Waals surface area contributed by atoms with Crippen molar-refractivity contribution < 1.29 is 8.42 Å². The van der Waals surface area contributed by atoms with Gasteiger partial charge >= 0.3 is 0 Å². The van der Waals surface area contributed by atoms with Crippen LogP contribution in [0.5, 0.6) is 0 Å². The van der Waals surface area contributed by atoms with E-state index < -0.39 is 9.84 Å². The zero-order valence-electron chi connectivity index (χ0n) is 13.8. The Kier molecular flexibility index (Phi) is 7.55. The van der Waals surface area contributed by atoms with Crippen LogP contribution in [-0.4, -0.2) is 39.0 Å². The largest absolute Gasteiger partial charge is 0.357 e. The van der Waals surface area contributed by atoms with Gasteiger partial charge in [0.1, 0.15) is 9.84 Å². The zero-order valence-corrected chi connectivity index (χ0v) is 14.7. The molecule has 2 N–H and O–H groups in total. The molecule has 0 spiro atoms. The summed E-state index contributed by atoms with van der Waals surface area (Å²) in [5, 5.41) is 15.2. The predicted octanol–water partition coefficient (Wildman–Crippen LogP) is 1.44. The third kappa shape index (κ3) is 8.21. The summed E-state index contributed by atoms with van der Waals surface area (Å²) < 4.78 is 22.4. The van der Waals surface area contributed by atoms with E-state index in [0.29, 0.717) is 31.0 Å². The Labute approximate surface area is 138 Å². The second-order valence-electron chi connectivity index (χ2n) is 5.47. The maximum Gasteiger partial charge on any atom is 0.191 e. The van der Waals surface area contributed by atoms with Gasteiger partial charge in [-0.2, -0.15) is 5.26 Å². The molecule has 0 aliphatic carbocycles. The van der Waals surface area contributed by atoms with Gasteiger partial charge in [-0.05, 0) is 38.0 Å². The van der Waals surface area contributed by atoms with Crippen molar-refractivity contribution in [2.45, 2.75) is 32.9 Å². The maximum absolute atomic E-state index is 11.2. The molecule has 0 aliphatic heterocycles. The van der Waals surface area contributed by atoms with Gasteiger partial charge in [-0.25, -0.2) is 13.4 Å². The van der Waals surface area contributed by atoms with Crippen LogP contribution in [0.3, 0.4) is 0 Å². The Hall–Kier alpha value is -2.07. The lowest BCUT2D eigenvalue weighted by Crippen LogP contribution is -2.42. The molecule has 0 saturated heterocycles. The monoisotopic (exact) mass is 336 g/mol. The fraction of sp³-hybridized carbons (Fsp3) is 0.500. The third-order valence-electron chi connectivity index (χ3n) is 3.12. The summed E-state index contributed by atoms with van der Waals surface area (Å²) in [6.45, 7) is 5.05. The van der Waals surface area contributed by atoms with Gasteiger partial charge in [0.2, 0.25) is 0 Å². The van der Waals surface area contributed by atoms with E-state index in [4.69, 9.17) is 5.26 Å². The molecule has 1 unspecified atom stereocenters. The lowest BCUT2D eigenvalue weighted by atomic mass is 10.1. The van der Waals surface area contributed by atoms with Gasteiger partial charge in [0.15, 0.2) is 5.96 Å². The Bertz CT molecular complexity index is 678. The highest BCUT2D eigenvalue weighted by atomic mass is 32.2. The molecule has 0 radical (unpaired) electrons. The molecule has 0 amide bonds. The number of nitriles is 1. The van der Waals surface area contributed by atoms with E-state index in [1.165, 1.54) is 6.26 Å². The van der Waals surface area contributed by atoms with Crippen LogP contribution in [-0.2, 0) is 16.4 Å². The molecule has 0 fully saturated rings. The molecule has 6 nitrogen and oxygen atoms in total. The van der Waals surface area contributed by atoms with Crippen LogP contribution in [0.25, 0.3) is 0 Å². The Balaban J connectivity index is 2.67. The first kappa shape index (κ1) is 19.0. The summed E-state index contributed by atoms with van der Waals surface area (Å²) in [5.41, 5.74) is 1.56. The quantitative estimate of drug-likeness (QED) is 0.580. The van der Waals surface area contributed by atoms with Gasteiger partial charge < -0.3 is 10.6 Å². The van der Waals surface area contributed by atoms with E-state index in [1.54, 1.807) is 12.1 Å². The Morgan fingerprint density at radius 2 is 2.17 bits per heavy atom. The highest BCUT2D eigenvalue weighted by molar-refractivity contribution is 7.90. The Morgan fingerprint density at radius 3 is 2.78 bits per heavy atom. The molecule has 0 bridgehead atoms. The number of guanidine groups is 1. The third-order valence-corrected chi connectivity index (χ3v) is 4.10. The summed E-state index contributed by atoms with van der Waals surface area (Å²) in [7, 11) is -2.96. The van der Waals surface area contributed by atoms with Gasteiger partial charge in [0.25, 0.3) is 0 Å². The molecule has 0 heterocycles. The maximum atomic E-state index is 11.2. The lowest BCUT2D eigenvalue weighted by Gasteiger charge is -2.17. The van der Waals surface area contributed by atoms with Crippen molar-refractivity contribution in [2.24, 2.45) is 4.99 Å². The highest BCUT2D eigenvalue weighted by Crippen LogP contribution is 2.05. The number of aliphatic imine (C=N–C) groups is 1. The summed E-state index contributed by atoms with van der Waals surface area (Å²) in [5.74, 6) is 0.779. The fourth-order valence-electron chi connectivity index (χ4n) is 1.93. The van der Waals surface area contributed by atoms with E-state index in [0.717, 1.165) is 5.56 Å². The van der Waals surface area contributed by atoms with Crippen molar-refractivity contribution in [3.8, 4) is 6.07 Å². The SMILES string of the molecule is CCNC(=NCc1cccc(C#N)c1)NC(C)CCS(C)(=O)=O. The molecular formula is C16H24N4O2S. The Morgan fingerprint density at radius 1 is 1.43 bits per heavy atom. The van der Waals surface area contributed by atoms with E-state index in [1.807, 2.05) is 26.0 Å². The second kappa shape index (κ2) is 9.16. The first-order valence-electron chi connectivity index (χ1n) is 7.55. The van der Waals surface area contributed by atoms with Crippen LogP contribution < -0.4 is 10.6 Å². The molecule has 1 aromatic carbocycles.